The molecular formula is C14H15BrClNO2. The molecule has 1 saturated heterocycles. The topological polar surface area (TPSA) is 46.2 Å². The Hall–Kier alpha value is -0.870. The smallest absolute Gasteiger partial charge is 0.230 e. The van der Waals surface area contributed by atoms with Gasteiger partial charge in [-0.2, -0.15) is 0 Å². The number of piperidine rings is 1. The van der Waals surface area contributed by atoms with Crippen LogP contribution in [0, 0.1) is 11.8 Å². The van der Waals surface area contributed by atoms with Gasteiger partial charge in [0.05, 0.1) is 0 Å². The van der Waals surface area contributed by atoms with Crippen LogP contribution in [0.25, 0.3) is 0 Å². The molecule has 0 spiro atoms. The van der Waals surface area contributed by atoms with E-state index in [4.69, 9.17) is 11.6 Å². The van der Waals surface area contributed by atoms with E-state index in [0.29, 0.717) is 11.4 Å². The third kappa shape index (κ3) is 3.00. The number of hydrogen-bond acceptors (Lipinski definition) is 2. The summed E-state index contributed by atoms with van der Waals surface area (Å²) in [7, 11) is 0. The SMILES string of the molecule is CC(C)C1C(=O)NC(=O)CC1c1ccc(Br)cc1Cl. The number of hydrogen-bond donors (Lipinski definition) is 1. The van der Waals surface area contributed by atoms with Crippen molar-refractivity contribution in [2.75, 3.05) is 0 Å². The van der Waals surface area contributed by atoms with Gasteiger partial charge in [0.15, 0.2) is 0 Å². The zero-order valence-electron chi connectivity index (χ0n) is 10.7. The maximum absolute atomic E-state index is 12.0. The van der Waals surface area contributed by atoms with E-state index in [1.165, 1.54) is 0 Å². The molecule has 1 aliphatic rings. The van der Waals surface area contributed by atoms with Crippen LogP contribution in [0.3, 0.4) is 0 Å². The average molecular weight is 345 g/mol. The Morgan fingerprint density at radius 1 is 1.37 bits per heavy atom. The fourth-order valence-corrected chi connectivity index (χ4v) is 3.47. The normalized spacial score (nSPS) is 23.6. The van der Waals surface area contributed by atoms with Crippen molar-refractivity contribution in [1.82, 2.24) is 5.32 Å². The third-order valence-electron chi connectivity index (χ3n) is 3.48. The highest BCUT2D eigenvalue weighted by Crippen LogP contribution is 2.39. The predicted octanol–water partition coefficient (Wildman–Crippen LogP) is 3.50. The Labute approximate surface area is 125 Å². The predicted molar refractivity (Wildman–Crippen MR) is 78.0 cm³/mol. The zero-order valence-corrected chi connectivity index (χ0v) is 13.1. The van der Waals surface area contributed by atoms with Crippen LogP contribution < -0.4 is 5.32 Å². The van der Waals surface area contributed by atoms with Crippen LogP contribution >= 0.6 is 27.5 Å². The van der Waals surface area contributed by atoms with Crippen molar-refractivity contribution in [3.8, 4) is 0 Å². The molecule has 5 heteroatoms. The number of carbonyl (C=O) groups is 2. The number of halogens is 2. The minimum Gasteiger partial charge on any atom is -0.296 e. The van der Waals surface area contributed by atoms with Crippen LogP contribution in [0.2, 0.25) is 5.02 Å². The van der Waals surface area contributed by atoms with E-state index < -0.39 is 0 Å². The molecule has 1 N–H and O–H groups in total. The third-order valence-corrected chi connectivity index (χ3v) is 4.30. The van der Waals surface area contributed by atoms with E-state index in [0.717, 1.165) is 10.0 Å². The molecule has 102 valence electrons. The fraction of sp³-hybridized carbons (Fsp3) is 0.429. The molecular weight excluding hydrogens is 330 g/mol. The van der Waals surface area contributed by atoms with Crippen LogP contribution in [0.5, 0.6) is 0 Å². The Morgan fingerprint density at radius 3 is 2.63 bits per heavy atom. The molecule has 1 aromatic rings. The standard InChI is InChI=1S/C14H15BrClNO2/c1-7(2)13-10(6-12(18)17-14(13)19)9-4-3-8(15)5-11(9)16/h3-5,7,10,13H,6H2,1-2H3,(H,17,18,19). The number of nitrogens with one attached hydrogen (secondary N) is 1. The van der Waals surface area contributed by atoms with Crippen molar-refractivity contribution in [3.05, 3.63) is 33.3 Å². The lowest BCUT2D eigenvalue weighted by Gasteiger charge is -2.33. The van der Waals surface area contributed by atoms with Crippen LogP contribution in [-0.2, 0) is 9.59 Å². The molecule has 19 heavy (non-hydrogen) atoms. The van der Waals surface area contributed by atoms with E-state index in [-0.39, 0.29) is 29.6 Å². The highest BCUT2D eigenvalue weighted by Gasteiger charge is 2.39. The molecule has 3 nitrogen and oxygen atoms in total. The average Bonchev–Trinajstić information content (AvgIpc) is 2.26. The zero-order chi connectivity index (χ0) is 14.2. The van der Waals surface area contributed by atoms with Crippen molar-refractivity contribution in [1.29, 1.82) is 0 Å². The van der Waals surface area contributed by atoms with Gasteiger partial charge in [-0.3, -0.25) is 14.9 Å². The summed E-state index contributed by atoms with van der Waals surface area (Å²) in [6.45, 7) is 3.97. The van der Waals surface area contributed by atoms with E-state index in [2.05, 4.69) is 21.2 Å². The second-order valence-corrected chi connectivity index (χ2v) is 6.48. The molecule has 2 amide bonds. The highest BCUT2D eigenvalue weighted by atomic mass is 79.9. The van der Waals surface area contributed by atoms with Gasteiger partial charge in [0.2, 0.25) is 11.8 Å². The molecule has 2 unspecified atom stereocenters. The van der Waals surface area contributed by atoms with Gasteiger partial charge in [-0.15, -0.1) is 0 Å². The van der Waals surface area contributed by atoms with Crippen molar-refractivity contribution in [2.24, 2.45) is 11.8 Å². The van der Waals surface area contributed by atoms with Crippen molar-refractivity contribution >= 4 is 39.3 Å². The molecule has 2 rings (SSSR count). The summed E-state index contributed by atoms with van der Waals surface area (Å²) in [6.07, 6.45) is 0.302. The summed E-state index contributed by atoms with van der Waals surface area (Å²) in [6, 6.07) is 5.57. The summed E-state index contributed by atoms with van der Waals surface area (Å²) in [5.74, 6) is -0.655. The first-order valence-corrected chi connectivity index (χ1v) is 7.36. The van der Waals surface area contributed by atoms with Crippen molar-refractivity contribution in [3.63, 3.8) is 0 Å². The van der Waals surface area contributed by atoms with Gasteiger partial charge in [0, 0.05) is 27.8 Å². The second kappa shape index (κ2) is 5.63. The maximum atomic E-state index is 12.0. The molecule has 0 saturated carbocycles. The number of rotatable bonds is 2. The number of carbonyl (C=O) groups excluding carboxylic acids is 2. The summed E-state index contributed by atoms with van der Waals surface area (Å²) in [4.78, 5) is 23.6. The Morgan fingerprint density at radius 2 is 2.05 bits per heavy atom. The molecule has 0 aromatic heterocycles. The minimum atomic E-state index is -0.231. The molecule has 0 aliphatic carbocycles. The molecule has 1 aromatic carbocycles. The number of amides is 2. The van der Waals surface area contributed by atoms with Crippen molar-refractivity contribution in [2.45, 2.75) is 26.2 Å². The lowest BCUT2D eigenvalue weighted by Crippen LogP contribution is -2.46. The van der Waals surface area contributed by atoms with Gasteiger partial charge in [0.1, 0.15) is 0 Å². The summed E-state index contributed by atoms with van der Waals surface area (Å²) in [5, 5.41) is 3.00. The largest absolute Gasteiger partial charge is 0.296 e. The molecule has 0 bridgehead atoms. The van der Waals surface area contributed by atoms with E-state index in [9.17, 15) is 9.59 Å². The Kier molecular flexibility index (Phi) is 4.31. The van der Waals surface area contributed by atoms with Crippen LogP contribution in [0.1, 0.15) is 31.7 Å². The van der Waals surface area contributed by atoms with Gasteiger partial charge in [-0.25, -0.2) is 0 Å². The van der Waals surface area contributed by atoms with E-state index in [1.54, 1.807) is 6.07 Å². The van der Waals surface area contributed by atoms with Gasteiger partial charge in [-0.05, 0) is 23.6 Å². The van der Waals surface area contributed by atoms with Gasteiger partial charge in [-0.1, -0.05) is 47.4 Å². The van der Waals surface area contributed by atoms with Crippen LogP contribution in [0.15, 0.2) is 22.7 Å². The molecule has 1 heterocycles. The van der Waals surface area contributed by atoms with Gasteiger partial charge < -0.3 is 0 Å². The lowest BCUT2D eigenvalue weighted by atomic mass is 9.75. The Balaban J connectivity index is 2.43. The van der Waals surface area contributed by atoms with E-state index >= 15 is 0 Å². The van der Waals surface area contributed by atoms with Crippen LogP contribution in [-0.4, -0.2) is 11.8 Å². The fourth-order valence-electron chi connectivity index (χ4n) is 2.65. The van der Waals surface area contributed by atoms with Gasteiger partial charge >= 0.3 is 0 Å². The molecule has 1 aliphatic heterocycles. The molecule has 2 atom stereocenters. The second-order valence-electron chi connectivity index (χ2n) is 5.16. The lowest BCUT2D eigenvalue weighted by molar-refractivity contribution is -0.138. The first kappa shape index (κ1) is 14.5. The summed E-state index contributed by atoms with van der Waals surface area (Å²) in [5.41, 5.74) is 0.867. The minimum absolute atomic E-state index is 0.151. The monoisotopic (exact) mass is 343 g/mol. The van der Waals surface area contributed by atoms with Crippen molar-refractivity contribution < 1.29 is 9.59 Å². The maximum Gasteiger partial charge on any atom is 0.230 e. The van der Waals surface area contributed by atoms with E-state index in [1.807, 2.05) is 26.0 Å². The first-order chi connectivity index (χ1) is 8.90. The van der Waals surface area contributed by atoms with Crippen LogP contribution in [0.4, 0.5) is 0 Å². The molecule has 1 fully saturated rings. The quantitative estimate of drug-likeness (QED) is 0.835. The molecule has 0 radical (unpaired) electrons. The van der Waals surface area contributed by atoms with Gasteiger partial charge in [0.25, 0.3) is 0 Å². The highest BCUT2D eigenvalue weighted by molar-refractivity contribution is 9.10. The number of benzene rings is 1. The first-order valence-electron chi connectivity index (χ1n) is 6.18. The summed E-state index contributed by atoms with van der Waals surface area (Å²) < 4.78 is 0.883. The number of imide groups is 1. The summed E-state index contributed by atoms with van der Waals surface area (Å²) >= 11 is 9.61. The Bertz CT molecular complexity index is 530.